The molecule has 6 heteroatoms. The maximum Gasteiger partial charge on any atom is 0.245 e. The molecule has 1 aromatic carbocycles. The van der Waals surface area contributed by atoms with Gasteiger partial charge in [-0.2, -0.15) is 5.26 Å². The van der Waals surface area contributed by atoms with Crippen LogP contribution in [0.3, 0.4) is 0 Å². The summed E-state index contributed by atoms with van der Waals surface area (Å²) in [7, 11) is 1.52. The lowest BCUT2D eigenvalue weighted by atomic mass is 9.81. The van der Waals surface area contributed by atoms with E-state index in [4.69, 9.17) is 21.1 Å². The van der Waals surface area contributed by atoms with Crippen LogP contribution in [0.15, 0.2) is 18.2 Å². The van der Waals surface area contributed by atoms with E-state index in [1.54, 1.807) is 18.2 Å². The summed E-state index contributed by atoms with van der Waals surface area (Å²) in [5, 5.41) is 12.5. The van der Waals surface area contributed by atoms with Crippen molar-refractivity contribution < 1.29 is 14.3 Å². The van der Waals surface area contributed by atoms with E-state index < -0.39 is 5.41 Å². The standard InChI is InChI=1S/C14H15ClN2O3/c1-19-12-3-2-10(8-11(12)15)17-13(18)14(9-16)4-6-20-7-5-14/h2-3,8H,4-7H2,1H3,(H,17,18). The van der Waals surface area contributed by atoms with Gasteiger partial charge in [-0.3, -0.25) is 4.79 Å². The van der Waals surface area contributed by atoms with Crippen LogP contribution < -0.4 is 10.1 Å². The summed E-state index contributed by atoms with van der Waals surface area (Å²) in [6.07, 6.45) is 0.804. The molecule has 0 bridgehead atoms. The minimum atomic E-state index is -1.02. The van der Waals surface area contributed by atoms with Crippen LogP contribution in [-0.4, -0.2) is 26.2 Å². The molecular formula is C14H15ClN2O3. The zero-order valence-electron chi connectivity index (χ0n) is 11.1. The van der Waals surface area contributed by atoms with Crippen molar-refractivity contribution in [3.05, 3.63) is 23.2 Å². The lowest BCUT2D eigenvalue weighted by Gasteiger charge is -2.29. The summed E-state index contributed by atoms with van der Waals surface area (Å²) in [5.41, 5.74) is -0.480. The van der Waals surface area contributed by atoms with Crippen molar-refractivity contribution in [2.45, 2.75) is 12.8 Å². The zero-order valence-corrected chi connectivity index (χ0v) is 11.9. The maximum atomic E-state index is 12.3. The molecule has 0 radical (unpaired) electrons. The van der Waals surface area contributed by atoms with Gasteiger partial charge in [0.15, 0.2) is 0 Å². The van der Waals surface area contributed by atoms with Crippen molar-refractivity contribution in [3.63, 3.8) is 0 Å². The lowest BCUT2D eigenvalue weighted by molar-refractivity contribution is -0.126. The third-order valence-electron chi connectivity index (χ3n) is 3.40. The summed E-state index contributed by atoms with van der Waals surface area (Å²) >= 11 is 6.01. The highest BCUT2D eigenvalue weighted by Crippen LogP contribution is 2.32. The van der Waals surface area contributed by atoms with E-state index in [1.807, 2.05) is 0 Å². The Bertz CT molecular complexity index is 548. The first-order valence-corrected chi connectivity index (χ1v) is 6.63. The smallest absolute Gasteiger partial charge is 0.245 e. The van der Waals surface area contributed by atoms with Gasteiger partial charge in [0.2, 0.25) is 5.91 Å². The number of nitriles is 1. The number of carbonyl (C=O) groups is 1. The van der Waals surface area contributed by atoms with E-state index in [0.29, 0.717) is 42.5 Å². The molecule has 1 aliphatic rings. The molecule has 1 fully saturated rings. The molecule has 1 aromatic rings. The number of methoxy groups -OCH3 is 1. The predicted octanol–water partition coefficient (Wildman–Crippen LogP) is 2.61. The fourth-order valence-electron chi connectivity index (χ4n) is 2.10. The molecule has 20 heavy (non-hydrogen) atoms. The second kappa shape index (κ2) is 6.12. The topological polar surface area (TPSA) is 71.3 Å². The van der Waals surface area contributed by atoms with Crippen LogP contribution >= 0.6 is 11.6 Å². The summed E-state index contributed by atoms with van der Waals surface area (Å²) in [6.45, 7) is 0.842. The van der Waals surface area contributed by atoms with E-state index in [0.717, 1.165) is 0 Å². The van der Waals surface area contributed by atoms with E-state index in [2.05, 4.69) is 11.4 Å². The number of ether oxygens (including phenoxy) is 2. The van der Waals surface area contributed by atoms with E-state index in [9.17, 15) is 10.1 Å². The fourth-order valence-corrected chi connectivity index (χ4v) is 2.36. The van der Waals surface area contributed by atoms with Crippen molar-refractivity contribution in [1.82, 2.24) is 0 Å². The van der Waals surface area contributed by atoms with Gasteiger partial charge >= 0.3 is 0 Å². The number of nitrogens with one attached hydrogen (secondary N) is 1. The minimum Gasteiger partial charge on any atom is -0.495 e. The molecule has 0 unspecified atom stereocenters. The molecule has 1 N–H and O–H groups in total. The van der Waals surface area contributed by atoms with Crippen LogP contribution in [0.4, 0.5) is 5.69 Å². The van der Waals surface area contributed by atoms with Gasteiger partial charge in [-0.15, -0.1) is 0 Å². The first kappa shape index (κ1) is 14.6. The zero-order chi connectivity index (χ0) is 14.6. The van der Waals surface area contributed by atoms with Crippen LogP contribution in [0.2, 0.25) is 5.02 Å². The number of hydrogen-bond acceptors (Lipinski definition) is 4. The molecule has 0 aromatic heterocycles. The molecule has 0 saturated carbocycles. The average Bonchev–Trinajstić information content (AvgIpc) is 2.48. The quantitative estimate of drug-likeness (QED) is 0.930. The predicted molar refractivity (Wildman–Crippen MR) is 74.7 cm³/mol. The van der Waals surface area contributed by atoms with Gasteiger partial charge in [0, 0.05) is 18.9 Å². The molecule has 2 rings (SSSR count). The van der Waals surface area contributed by atoms with Crippen LogP contribution in [0, 0.1) is 16.7 Å². The van der Waals surface area contributed by atoms with Gasteiger partial charge < -0.3 is 14.8 Å². The van der Waals surface area contributed by atoms with Gasteiger partial charge in [-0.1, -0.05) is 11.6 Å². The van der Waals surface area contributed by atoms with Crippen molar-refractivity contribution >= 4 is 23.2 Å². The SMILES string of the molecule is COc1ccc(NC(=O)C2(C#N)CCOCC2)cc1Cl. The maximum absolute atomic E-state index is 12.3. The normalized spacial score (nSPS) is 17.1. The van der Waals surface area contributed by atoms with Gasteiger partial charge in [0.25, 0.3) is 0 Å². The summed E-state index contributed by atoms with van der Waals surface area (Å²) < 4.78 is 10.3. The molecule has 0 spiro atoms. The Morgan fingerprint density at radius 1 is 1.50 bits per heavy atom. The van der Waals surface area contributed by atoms with E-state index in [1.165, 1.54) is 7.11 Å². The fraction of sp³-hybridized carbons (Fsp3) is 0.429. The van der Waals surface area contributed by atoms with Crippen LogP contribution in [-0.2, 0) is 9.53 Å². The second-order valence-electron chi connectivity index (χ2n) is 4.61. The molecule has 1 saturated heterocycles. The Balaban J connectivity index is 2.14. The molecule has 0 atom stereocenters. The Kier molecular flexibility index (Phi) is 4.48. The number of halogens is 1. The van der Waals surface area contributed by atoms with Crippen molar-refractivity contribution in [1.29, 1.82) is 5.26 Å². The number of hydrogen-bond donors (Lipinski definition) is 1. The molecule has 1 aliphatic heterocycles. The Hall–Kier alpha value is -1.77. The van der Waals surface area contributed by atoms with Gasteiger partial charge in [0.1, 0.15) is 11.2 Å². The molecular weight excluding hydrogens is 280 g/mol. The molecule has 106 valence electrons. The van der Waals surface area contributed by atoms with Gasteiger partial charge in [0.05, 0.1) is 18.2 Å². The molecule has 0 aliphatic carbocycles. The highest BCUT2D eigenvalue weighted by Gasteiger charge is 2.40. The highest BCUT2D eigenvalue weighted by molar-refractivity contribution is 6.32. The van der Waals surface area contributed by atoms with Crippen molar-refractivity contribution in [2.24, 2.45) is 5.41 Å². The minimum absolute atomic E-state index is 0.315. The summed E-state index contributed by atoms with van der Waals surface area (Å²) in [5.74, 6) is 0.218. The van der Waals surface area contributed by atoms with Crippen LogP contribution in [0.5, 0.6) is 5.75 Å². The second-order valence-corrected chi connectivity index (χ2v) is 5.02. The Morgan fingerprint density at radius 3 is 2.75 bits per heavy atom. The van der Waals surface area contributed by atoms with Crippen molar-refractivity contribution in [3.8, 4) is 11.8 Å². The summed E-state index contributed by atoms with van der Waals surface area (Å²) in [6, 6.07) is 7.08. The number of amides is 1. The first-order valence-electron chi connectivity index (χ1n) is 6.25. The third-order valence-corrected chi connectivity index (χ3v) is 3.70. The number of anilines is 1. The Morgan fingerprint density at radius 2 is 2.20 bits per heavy atom. The number of rotatable bonds is 3. The molecule has 1 amide bonds. The lowest BCUT2D eigenvalue weighted by Crippen LogP contribution is -2.39. The van der Waals surface area contributed by atoms with Gasteiger partial charge in [-0.25, -0.2) is 0 Å². The van der Waals surface area contributed by atoms with E-state index >= 15 is 0 Å². The van der Waals surface area contributed by atoms with Crippen LogP contribution in [0.25, 0.3) is 0 Å². The van der Waals surface area contributed by atoms with E-state index in [-0.39, 0.29) is 5.91 Å². The monoisotopic (exact) mass is 294 g/mol. The largest absolute Gasteiger partial charge is 0.495 e. The van der Waals surface area contributed by atoms with Gasteiger partial charge in [-0.05, 0) is 31.0 Å². The average molecular weight is 295 g/mol. The number of carbonyl (C=O) groups excluding carboxylic acids is 1. The first-order chi connectivity index (χ1) is 9.61. The summed E-state index contributed by atoms with van der Waals surface area (Å²) in [4.78, 5) is 12.3. The third kappa shape index (κ3) is 2.87. The number of nitrogens with zero attached hydrogens (tertiary/aromatic N) is 1. The number of benzene rings is 1. The Labute approximate surface area is 122 Å². The highest BCUT2D eigenvalue weighted by atomic mass is 35.5. The molecule has 5 nitrogen and oxygen atoms in total. The molecule has 1 heterocycles. The van der Waals surface area contributed by atoms with Crippen molar-refractivity contribution in [2.75, 3.05) is 25.6 Å². The van der Waals surface area contributed by atoms with Crippen LogP contribution in [0.1, 0.15) is 12.8 Å².